The van der Waals surface area contributed by atoms with Crippen LogP contribution in [0.2, 0.25) is 10.0 Å². The minimum Gasteiger partial charge on any atom is -0.461 e. The van der Waals surface area contributed by atoms with Crippen LogP contribution in [0.4, 0.5) is 24.8 Å². The fraction of sp³-hybridized carbons (Fsp3) is 0.240. The van der Waals surface area contributed by atoms with E-state index in [4.69, 9.17) is 33.7 Å². The average Bonchev–Trinajstić information content (AvgIpc) is 3.30. The molecule has 204 valence electrons. The molecular weight excluding hydrogens is 560 g/mol. The van der Waals surface area contributed by atoms with Gasteiger partial charge in [0.2, 0.25) is 0 Å². The zero-order valence-corrected chi connectivity index (χ0v) is 21.9. The first-order valence-electron chi connectivity index (χ1n) is 11.6. The number of nitrogens with zero attached hydrogens (tertiary/aromatic N) is 4. The minimum absolute atomic E-state index is 0.0919. The lowest BCUT2D eigenvalue weighted by molar-refractivity contribution is -0.0884. The summed E-state index contributed by atoms with van der Waals surface area (Å²) in [6.07, 6.45) is -2.58. The lowest BCUT2D eigenvalue weighted by Gasteiger charge is -2.11. The van der Waals surface area contributed by atoms with Crippen LogP contribution in [0.15, 0.2) is 42.6 Å². The van der Waals surface area contributed by atoms with Gasteiger partial charge in [-0.2, -0.15) is 18.3 Å². The van der Waals surface area contributed by atoms with Crippen LogP contribution in [0.1, 0.15) is 39.9 Å². The third kappa shape index (κ3) is 6.40. The van der Waals surface area contributed by atoms with Gasteiger partial charge in [0.05, 0.1) is 29.1 Å². The van der Waals surface area contributed by atoms with E-state index in [9.17, 15) is 22.8 Å². The third-order valence-corrected chi connectivity index (χ3v) is 6.08. The fourth-order valence-electron chi connectivity index (χ4n) is 3.73. The van der Waals surface area contributed by atoms with Crippen molar-refractivity contribution in [3.05, 3.63) is 69.6 Å². The van der Waals surface area contributed by atoms with Crippen molar-refractivity contribution in [2.24, 2.45) is 0 Å². The molecule has 0 saturated heterocycles. The monoisotopic (exact) mass is 580 g/mol. The van der Waals surface area contributed by atoms with Crippen molar-refractivity contribution < 1.29 is 27.5 Å². The summed E-state index contributed by atoms with van der Waals surface area (Å²) in [5.74, 6) is -2.71. The number of rotatable bonds is 9. The number of hydrogen-bond acceptors (Lipinski definition) is 8. The number of nitrogens with one attached hydrogen (secondary N) is 1. The average molecular weight is 581 g/mol. The van der Waals surface area contributed by atoms with Crippen molar-refractivity contribution >= 4 is 52.1 Å². The number of hydrogen-bond donors (Lipinski definition) is 2. The molecule has 1 aromatic carbocycles. The van der Waals surface area contributed by atoms with Crippen LogP contribution in [-0.4, -0.2) is 50.7 Å². The molecule has 0 bridgehead atoms. The Hall–Kier alpha value is -3.90. The molecule has 3 aromatic heterocycles. The fourth-order valence-corrected chi connectivity index (χ4v) is 4.24. The molecule has 3 N–H and O–H groups in total. The van der Waals surface area contributed by atoms with E-state index in [1.807, 2.05) is 0 Å². The highest BCUT2D eigenvalue weighted by Crippen LogP contribution is 2.31. The van der Waals surface area contributed by atoms with Gasteiger partial charge in [-0.05, 0) is 50.1 Å². The molecular formula is C25H21Cl2F3N6O3. The number of aromatic nitrogens is 4. The van der Waals surface area contributed by atoms with Crippen molar-refractivity contribution in [2.45, 2.75) is 25.9 Å². The Morgan fingerprint density at radius 2 is 1.90 bits per heavy atom. The quantitative estimate of drug-likeness (QED) is 0.148. The maximum Gasteiger partial charge on any atom is 0.455 e. The molecule has 0 aliphatic rings. The first kappa shape index (κ1) is 28.1. The summed E-state index contributed by atoms with van der Waals surface area (Å²) in [5.41, 5.74) is 6.97. The second kappa shape index (κ2) is 11.5. The van der Waals surface area contributed by atoms with Crippen LogP contribution in [0.3, 0.4) is 0 Å². The number of ketones is 1. The van der Waals surface area contributed by atoms with E-state index in [1.54, 1.807) is 37.4 Å². The van der Waals surface area contributed by atoms with Crippen LogP contribution in [-0.2, 0) is 11.2 Å². The molecule has 0 amide bonds. The molecule has 9 nitrogen and oxygen atoms in total. The zero-order valence-electron chi connectivity index (χ0n) is 20.4. The number of fused-ring (bicyclic) bond motifs is 1. The Bertz CT molecular complexity index is 1560. The summed E-state index contributed by atoms with van der Waals surface area (Å²) < 4.78 is 44.7. The maximum atomic E-state index is 12.7. The van der Waals surface area contributed by atoms with Crippen molar-refractivity contribution in [1.82, 2.24) is 19.6 Å². The smallest absolute Gasteiger partial charge is 0.455 e. The number of nitrogens with two attached hydrogens (primary N) is 1. The second-order valence-corrected chi connectivity index (χ2v) is 9.12. The summed E-state index contributed by atoms with van der Waals surface area (Å²) in [5, 5.41) is 8.33. The van der Waals surface area contributed by atoms with Crippen LogP contribution in [0.25, 0.3) is 16.8 Å². The molecule has 0 spiro atoms. The molecule has 0 aliphatic heterocycles. The number of alkyl halides is 3. The van der Waals surface area contributed by atoms with Crippen LogP contribution in [0, 0.1) is 0 Å². The number of nitrogen functional groups attached to an aromatic ring is 1. The van der Waals surface area contributed by atoms with Crippen molar-refractivity contribution in [3.8, 4) is 11.3 Å². The van der Waals surface area contributed by atoms with Gasteiger partial charge in [-0.3, -0.25) is 4.79 Å². The largest absolute Gasteiger partial charge is 0.461 e. The predicted molar refractivity (Wildman–Crippen MR) is 140 cm³/mol. The number of esters is 1. The lowest BCUT2D eigenvalue weighted by atomic mass is 10.1. The van der Waals surface area contributed by atoms with Gasteiger partial charge in [-0.15, -0.1) is 0 Å². The lowest BCUT2D eigenvalue weighted by Crippen LogP contribution is -2.24. The number of carbonyl (C=O) groups is 2. The van der Waals surface area contributed by atoms with Crippen molar-refractivity contribution in [2.75, 3.05) is 24.2 Å². The normalized spacial score (nSPS) is 11.5. The van der Waals surface area contributed by atoms with Gasteiger partial charge in [-0.1, -0.05) is 23.2 Å². The maximum absolute atomic E-state index is 12.7. The number of anilines is 2. The summed E-state index contributed by atoms with van der Waals surface area (Å²) in [7, 11) is 0. The van der Waals surface area contributed by atoms with Gasteiger partial charge in [0.1, 0.15) is 11.3 Å². The topological polar surface area (TPSA) is 124 Å². The van der Waals surface area contributed by atoms with Crippen LogP contribution in [0.5, 0.6) is 0 Å². The first-order chi connectivity index (χ1) is 18.5. The molecule has 4 rings (SSSR count). The highest BCUT2D eigenvalue weighted by Gasteiger charge is 2.40. The molecule has 4 aromatic rings. The number of ether oxygens (including phenoxy) is 1. The molecule has 0 saturated carbocycles. The van der Waals surface area contributed by atoms with Crippen LogP contribution < -0.4 is 11.1 Å². The van der Waals surface area contributed by atoms with Gasteiger partial charge < -0.3 is 15.8 Å². The van der Waals surface area contributed by atoms with E-state index in [-0.39, 0.29) is 12.3 Å². The minimum atomic E-state index is -5.04. The number of aryl methyl sites for hydroxylation is 1. The zero-order chi connectivity index (χ0) is 28.3. The van der Waals surface area contributed by atoms with E-state index in [0.717, 1.165) is 6.07 Å². The van der Waals surface area contributed by atoms with Crippen molar-refractivity contribution in [1.29, 1.82) is 0 Å². The molecule has 0 aliphatic carbocycles. The van der Waals surface area contributed by atoms with Gasteiger partial charge in [-0.25, -0.2) is 19.3 Å². The molecule has 14 heteroatoms. The molecule has 3 heterocycles. The Morgan fingerprint density at radius 1 is 1.13 bits per heavy atom. The Labute approximate surface area is 230 Å². The van der Waals surface area contributed by atoms with E-state index in [0.29, 0.717) is 57.7 Å². The molecule has 0 fully saturated rings. The standard InChI is InChI=1S/C25H21Cl2F3N6O3/c1-2-39-24(38)18-11-20-23(34-19(12-36(20)35-18)15-7-5-13(26)10-17(15)27)32-9-3-4-14-6-8-16(22(31)33-14)21(37)25(28,29)30/h5-8,10-12H,2-4,9H2,1H3,(H2,31,33)(H,32,34). The Balaban J connectivity index is 1.55. The molecule has 0 atom stereocenters. The van der Waals surface area contributed by atoms with Crippen molar-refractivity contribution in [3.63, 3.8) is 0 Å². The highest BCUT2D eigenvalue weighted by molar-refractivity contribution is 6.36. The van der Waals surface area contributed by atoms with Gasteiger partial charge in [0, 0.05) is 28.9 Å². The summed E-state index contributed by atoms with van der Waals surface area (Å²) in [6.45, 7) is 2.24. The van der Waals surface area contributed by atoms with E-state index < -0.39 is 29.3 Å². The number of carbonyl (C=O) groups excluding carboxylic acids is 2. The summed E-state index contributed by atoms with van der Waals surface area (Å²) in [6, 6.07) is 8.85. The predicted octanol–water partition coefficient (Wildman–Crippen LogP) is 5.65. The van der Waals surface area contributed by atoms with Gasteiger partial charge in [0.15, 0.2) is 11.5 Å². The third-order valence-electron chi connectivity index (χ3n) is 5.53. The first-order valence-corrected chi connectivity index (χ1v) is 12.4. The van der Waals surface area contributed by atoms with Crippen LogP contribution >= 0.6 is 23.2 Å². The molecule has 0 radical (unpaired) electrons. The number of halogens is 5. The summed E-state index contributed by atoms with van der Waals surface area (Å²) >= 11 is 12.4. The SMILES string of the molecule is CCOC(=O)c1cc2c(NCCCc3ccc(C(=O)C(F)(F)F)c(N)n3)nc(-c3ccc(Cl)cc3Cl)cn2n1. The van der Waals surface area contributed by atoms with E-state index in [1.165, 1.54) is 10.6 Å². The number of Topliss-reactive ketones (excluding diaryl/α,β-unsaturated/α-hetero) is 1. The summed E-state index contributed by atoms with van der Waals surface area (Å²) in [4.78, 5) is 32.3. The molecule has 0 unspecified atom stereocenters. The highest BCUT2D eigenvalue weighted by atomic mass is 35.5. The molecule has 39 heavy (non-hydrogen) atoms. The Morgan fingerprint density at radius 3 is 2.56 bits per heavy atom. The number of pyridine rings is 1. The van der Waals surface area contributed by atoms with E-state index >= 15 is 0 Å². The Kier molecular flexibility index (Phi) is 8.26. The second-order valence-electron chi connectivity index (χ2n) is 8.27. The van der Waals surface area contributed by atoms with E-state index in [2.05, 4.69) is 20.4 Å². The van der Waals surface area contributed by atoms with Gasteiger partial charge >= 0.3 is 12.1 Å². The van der Waals surface area contributed by atoms with Gasteiger partial charge in [0.25, 0.3) is 5.78 Å². The number of benzene rings is 1.